The Morgan fingerprint density at radius 2 is 1.45 bits per heavy atom. The Morgan fingerprint density at radius 1 is 0.903 bits per heavy atom. The molecular formula is C25H25NO5. The van der Waals surface area contributed by atoms with Crippen LogP contribution < -0.4 is 9.47 Å². The molecular weight excluding hydrogens is 394 g/mol. The number of carbonyl (C=O) groups is 1. The first-order valence-corrected chi connectivity index (χ1v) is 10.0. The number of hydrogen-bond donors (Lipinski definition) is 1. The maximum absolute atomic E-state index is 13.0. The van der Waals surface area contributed by atoms with Crippen molar-refractivity contribution in [2.75, 3.05) is 14.2 Å². The quantitative estimate of drug-likeness (QED) is 0.635. The van der Waals surface area contributed by atoms with Gasteiger partial charge in [0.1, 0.15) is 11.5 Å². The summed E-state index contributed by atoms with van der Waals surface area (Å²) in [6.45, 7) is 2.20. The van der Waals surface area contributed by atoms with Crippen LogP contribution in [0, 0.1) is 6.92 Å². The normalized spacial score (nSPS) is 20.5. The zero-order chi connectivity index (χ0) is 22.0. The molecule has 1 amide bonds. The number of cyclic esters (lactones) is 1. The molecule has 1 N–H and O–H groups in total. The van der Waals surface area contributed by atoms with Crippen LogP contribution in [0.15, 0.2) is 72.8 Å². The van der Waals surface area contributed by atoms with Crippen LogP contribution >= 0.6 is 0 Å². The number of aliphatic hydroxyl groups is 1. The Morgan fingerprint density at radius 3 is 2.00 bits per heavy atom. The average molecular weight is 419 g/mol. The number of amides is 1. The maximum Gasteiger partial charge on any atom is 0.413 e. The highest BCUT2D eigenvalue weighted by Gasteiger charge is 2.56. The van der Waals surface area contributed by atoms with Gasteiger partial charge in [-0.15, -0.1) is 0 Å². The summed E-state index contributed by atoms with van der Waals surface area (Å²) < 4.78 is 16.2. The SMILES string of the molecule is COc1ccc([C@@H]2OC(=O)N(Cc3ccc(C)cc3)[C@@]2(O)c2ccc(OC)cc2)cc1. The standard InChI is InChI=1S/C25H25NO5/c1-17-4-6-18(7-5-17)16-26-24(27)31-23(19-8-12-21(29-2)13-9-19)25(26,28)20-10-14-22(30-3)15-11-20/h4-15,23,28H,16H2,1-3H3/t23-,25+/m0/s1. The van der Waals surface area contributed by atoms with Crippen LogP contribution in [0.1, 0.15) is 28.4 Å². The summed E-state index contributed by atoms with van der Waals surface area (Å²) in [7, 11) is 3.16. The van der Waals surface area contributed by atoms with E-state index < -0.39 is 17.9 Å². The second kappa shape index (κ2) is 8.32. The van der Waals surface area contributed by atoms with Gasteiger partial charge in [-0.25, -0.2) is 4.79 Å². The summed E-state index contributed by atoms with van der Waals surface area (Å²) in [4.78, 5) is 14.3. The minimum Gasteiger partial charge on any atom is -0.497 e. The highest BCUT2D eigenvalue weighted by Crippen LogP contribution is 2.47. The highest BCUT2D eigenvalue weighted by molar-refractivity contribution is 5.72. The Bertz CT molecular complexity index is 1050. The first-order valence-electron chi connectivity index (χ1n) is 10.0. The molecule has 3 aromatic rings. The molecule has 31 heavy (non-hydrogen) atoms. The lowest BCUT2D eigenvalue weighted by molar-refractivity contribution is -0.113. The molecule has 0 spiro atoms. The molecule has 1 aliphatic rings. The van der Waals surface area contributed by atoms with Crippen molar-refractivity contribution in [3.8, 4) is 11.5 Å². The Kier molecular flexibility index (Phi) is 5.57. The van der Waals surface area contributed by atoms with Crippen LogP contribution in [-0.4, -0.2) is 30.3 Å². The van der Waals surface area contributed by atoms with Crippen molar-refractivity contribution in [1.82, 2.24) is 4.90 Å². The third kappa shape index (κ3) is 3.82. The molecule has 1 saturated heterocycles. The fourth-order valence-electron chi connectivity index (χ4n) is 3.81. The molecule has 1 heterocycles. The third-order valence-corrected chi connectivity index (χ3v) is 5.61. The molecule has 0 aliphatic carbocycles. The molecule has 6 heteroatoms. The molecule has 0 aromatic heterocycles. The second-order valence-electron chi connectivity index (χ2n) is 7.56. The number of nitrogens with zero attached hydrogens (tertiary/aromatic N) is 1. The van der Waals surface area contributed by atoms with E-state index in [1.54, 1.807) is 62.8 Å². The predicted octanol–water partition coefficient (Wildman–Crippen LogP) is 4.55. The minimum absolute atomic E-state index is 0.203. The van der Waals surface area contributed by atoms with Crippen LogP contribution in [0.4, 0.5) is 4.79 Å². The van der Waals surface area contributed by atoms with Crippen LogP contribution in [0.2, 0.25) is 0 Å². The number of carbonyl (C=O) groups excluding carboxylic acids is 1. The second-order valence-corrected chi connectivity index (χ2v) is 7.56. The molecule has 0 saturated carbocycles. The molecule has 0 bridgehead atoms. The fourth-order valence-corrected chi connectivity index (χ4v) is 3.81. The highest BCUT2D eigenvalue weighted by atomic mass is 16.6. The number of rotatable bonds is 6. The van der Waals surface area contributed by atoms with E-state index in [0.717, 1.165) is 11.1 Å². The van der Waals surface area contributed by atoms with E-state index in [0.29, 0.717) is 22.6 Å². The number of aryl methyl sites for hydroxylation is 1. The van der Waals surface area contributed by atoms with Gasteiger partial charge in [-0.2, -0.15) is 0 Å². The van der Waals surface area contributed by atoms with Gasteiger partial charge in [-0.05, 0) is 42.3 Å². The van der Waals surface area contributed by atoms with Gasteiger partial charge in [0.15, 0.2) is 6.10 Å². The van der Waals surface area contributed by atoms with Crippen LogP contribution in [0.25, 0.3) is 0 Å². The molecule has 2 atom stereocenters. The van der Waals surface area contributed by atoms with E-state index in [1.807, 2.05) is 31.2 Å². The van der Waals surface area contributed by atoms with Crippen LogP contribution in [-0.2, 0) is 17.0 Å². The first-order chi connectivity index (χ1) is 15.0. The van der Waals surface area contributed by atoms with Crippen LogP contribution in [0.3, 0.4) is 0 Å². The van der Waals surface area contributed by atoms with Gasteiger partial charge in [0.05, 0.1) is 20.8 Å². The fraction of sp³-hybridized carbons (Fsp3) is 0.240. The Hall–Kier alpha value is -3.51. The minimum atomic E-state index is -1.71. The number of methoxy groups -OCH3 is 2. The van der Waals surface area contributed by atoms with E-state index in [4.69, 9.17) is 14.2 Å². The van der Waals surface area contributed by atoms with Gasteiger partial charge in [0.25, 0.3) is 0 Å². The predicted molar refractivity (Wildman–Crippen MR) is 116 cm³/mol. The van der Waals surface area contributed by atoms with Crippen molar-refractivity contribution in [2.45, 2.75) is 25.3 Å². The molecule has 1 aliphatic heterocycles. The number of hydrogen-bond acceptors (Lipinski definition) is 5. The Balaban J connectivity index is 1.78. The summed E-state index contributed by atoms with van der Waals surface area (Å²) in [5.74, 6) is 1.33. The summed E-state index contributed by atoms with van der Waals surface area (Å²) in [5.41, 5.74) is 1.51. The van der Waals surface area contributed by atoms with Crippen molar-refractivity contribution in [3.05, 3.63) is 95.1 Å². The third-order valence-electron chi connectivity index (χ3n) is 5.61. The largest absolute Gasteiger partial charge is 0.497 e. The van der Waals surface area contributed by atoms with E-state index in [1.165, 1.54) is 4.90 Å². The molecule has 1 fully saturated rings. The zero-order valence-electron chi connectivity index (χ0n) is 17.7. The molecule has 160 valence electrons. The summed E-state index contributed by atoms with van der Waals surface area (Å²) in [6.07, 6.45) is -1.50. The van der Waals surface area contributed by atoms with Gasteiger partial charge < -0.3 is 19.3 Å². The summed E-state index contributed by atoms with van der Waals surface area (Å²) in [6, 6.07) is 22.0. The van der Waals surface area contributed by atoms with Gasteiger partial charge in [-0.3, -0.25) is 4.90 Å². The smallest absolute Gasteiger partial charge is 0.413 e. The Labute approximate surface area is 181 Å². The van der Waals surface area contributed by atoms with Gasteiger partial charge >= 0.3 is 6.09 Å². The van der Waals surface area contributed by atoms with E-state index in [2.05, 4.69) is 0 Å². The van der Waals surface area contributed by atoms with E-state index in [-0.39, 0.29) is 6.54 Å². The van der Waals surface area contributed by atoms with E-state index in [9.17, 15) is 9.90 Å². The molecule has 0 unspecified atom stereocenters. The lowest BCUT2D eigenvalue weighted by atomic mass is 9.90. The maximum atomic E-state index is 13.0. The van der Waals surface area contributed by atoms with Crippen molar-refractivity contribution < 1.29 is 24.1 Å². The zero-order valence-corrected chi connectivity index (χ0v) is 17.7. The monoisotopic (exact) mass is 419 g/mol. The lowest BCUT2D eigenvalue weighted by Gasteiger charge is -2.35. The van der Waals surface area contributed by atoms with Gasteiger partial charge in [0.2, 0.25) is 5.72 Å². The van der Waals surface area contributed by atoms with Gasteiger partial charge in [0, 0.05) is 5.56 Å². The average Bonchev–Trinajstić information content (AvgIpc) is 3.06. The summed E-state index contributed by atoms with van der Waals surface area (Å²) >= 11 is 0. The molecule has 3 aromatic carbocycles. The molecule has 0 radical (unpaired) electrons. The van der Waals surface area contributed by atoms with Crippen molar-refractivity contribution in [3.63, 3.8) is 0 Å². The van der Waals surface area contributed by atoms with Crippen LogP contribution in [0.5, 0.6) is 11.5 Å². The molecule has 6 nitrogen and oxygen atoms in total. The van der Waals surface area contributed by atoms with Crippen molar-refractivity contribution in [1.29, 1.82) is 0 Å². The van der Waals surface area contributed by atoms with Crippen molar-refractivity contribution >= 4 is 6.09 Å². The number of ether oxygens (including phenoxy) is 3. The first kappa shape index (κ1) is 20.8. The van der Waals surface area contributed by atoms with Crippen molar-refractivity contribution in [2.24, 2.45) is 0 Å². The lowest BCUT2D eigenvalue weighted by Crippen LogP contribution is -2.45. The van der Waals surface area contributed by atoms with E-state index >= 15 is 0 Å². The molecule has 4 rings (SSSR count). The summed E-state index contributed by atoms with van der Waals surface area (Å²) in [5, 5.41) is 12.0. The number of benzene rings is 3. The van der Waals surface area contributed by atoms with Gasteiger partial charge in [-0.1, -0.05) is 54.1 Å². The topological polar surface area (TPSA) is 68.2 Å².